The summed E-state index contributed by atoms with van der Waals surface area (Å²) < 4.78 is 10.4. The fourth-order valence-electron chi connectivity index (χ4n) is 10.5. The Morgan fingerprint density at radius 3 is 1.23 bits per heavy atom. The van der Waals surface area contributed by atoms with E-state index in [0.29, 0.717) is 0 Å². The van der Waals surface area contributed by atoms with Crippen LogP contribution < -0.4 is 20.5 Å². The molecule has 13 rings (SSSR count). The van der Waals surface area contributed by atoms with Crippen LogP contribution in [0.2, 0.25) is 0 Å². The Morgan fingerprint density at radius 2 is 0.770 bits per heavy atom. The fourth-order valence-corrected chi connectivity index (χ4v) is 10.5. The third kappa shape index (κ3) is 9.75. The molecule has 0 unspecified atom stereocenters. The van der Waals surface area contributed by atoms with Crippen molar-refractivity contribution in [3.63, 3.8) is 0 Å². The second-order valence-corrected chi connectivity index (χ2v) is 19.1. The highest BCUT2D eigenvalue weighted by molar-refractivity contribution is 6.47. The maximum Gasteiger partial charge on any atom is 0.119 e. The average Bonchev–Trinajstić information content (AvgIpc) is 4.00. The first-order valence-electron chi connectivity index (χ1n) is 25.6. The number of hydrogen-bond donors (Lipinski definition) is 2. The van der Waals surface area contributed by atoms with Gasteiger partial charge in [-0.15, -0.1) is 0 Å². The Morgan fingerprint density at radius 1 is 0.365 bits per heavy atom. The summed E-state index contributed by atoms with van der Waals surface area (Å²) in [5.74, 6) is 1.76. The average molecular weight is 963 g/mol. The molecule has 0 heterocycles. The molecule has 0 amide bonds. The van der Waals surface area contributed by atoms with Crippen LogP contribution in [0, 0.1) is 20.8 Å². The van der Waals surface area contributed by atoms with Crippen LogP contribution in [-0.4, -0.2) is 14.2 Å². The van der Waals surface area contributed by atoms with E-state index >= 15 is 0 Å². The van der Waals surface area contributed by atoms with Crippen molar-refractivity contribution in [1.82, 2.24) is 0 Å². The highest BCUT2D eigenvalue weighted by Crippen LogP contribution is 2.56. The largest absolute Gasteiger partial charge is 0.497 e. The van der Waals surface area contributed by atoms with Gasteiger partial charge in [0.05, 0.1) is 14.2 Å². The highest BCUT2D eigenvalue weighted by Gasteiger charge is 2.28. The zero-order chi connectivity index (χ0) is 51.1. The Bertz CT molecular complexity index is 3830. The molecule has 0 radical (unpaired) electrons. The van der Waals surface area contributed by atoms with Gasteiger partial charge in [0.2, 0.25) is 0 Å². The van der Waals surface area contributed by atoms with Crippen LogP contribution in [0.5, 0.6) is 11.5 Å². The Hall–Kier alpha value is -8.86. The summed E-state index contributed by atoms with van der Waals surface area (Å²) in [5.41, 5.74) is 18.8. The van der Waals surface area contributed by atoms with Crippen molar-refractivity contribution in [2.75, 3.05) is 25.3 Å². The molecule has 74 heavy (non-hydrogen) atoms. The van der Waals surface area contributed by atoms with Crippen LogP contribution in [0.15, 0.2) is 224 Å². The van der Waals surface area contributed by atoms with E-state index in [1.807, 2.05) is 85.8 Å². The van der Waals surface area contributed by atoms with Gasteiger partial charge in [0.25, 0.3) is 0 Å². The molecule has 4 heteroatoms. The number of nitrogens with two attached hydrogens (primary N) is 1. The van der Waals surface area contributed by atoms with Gasteiger partial charge >= 0.3 is 0 Å². The van der Waals surface area contributed by atoms with E-state index in [1.54, 1.807) is 14.2 Å². The van der Waals surface area contributed by atoms with Crippen LogP contribution in [-0.2, 0) is 6.42 Å². The molecule has 364 valence electrons. The Kier molecular flexibility index (Phi) is 14.4. The summed E-state index contributed by atoms with van der Waals surface area (Å²) in [4.78, 5) is 0. The molecular weight excluding hydrogens is 901 g/mol. The number of aryl methyl sites for hydroxylation is 4. The fraction of sp³-hybridized carbons (Fsp3) is 0.114. The number of nitrogen functional groups attached to an aromatic ring is 1. The van der Waals surface area contributed by atoms with Gasteiger partial charge in [-0.3, -0.25) is 0 Å². The second kappa shape index (κ2) is 21.9. The maximum absolute atomic E-state index is 5.43. The number of benzene rings is 11. The van der Waals surface area contributed by atoms with Gasteiger partial charge in [-0.1, -0.05) is 200 Å². The van der Waals surface area contributed by atoms with E-state index in [4.69, 9.17) is 15.2 Å². The molecule has 0 saturated carbocycles. The van der Waals surface area contributed by atoms with E-state index in [9.17, 15) is 0 Å². The number of nitrogens with one attached hydrogen (secondary N) is 1. The molecule has 0 aromatic heterocycles. The van der Waals surface area contributed by atoms with Crippen LogP contribution in [0.1, 0.15) is 35.6 Å². The van der Waals surface area contributed by atoms with Crippen molar-refractivity contribution >= 4 is 81.7 Å². The van der Waals surface area contributed by atoms with Crippen LogP contribution in [0.4, 0.5) is 17.1 Å². The third-order valence-corrected chi connectivity index (χ3v) is 14.0. The Labute approximate surface area is 435 Å². The van der Waals surface area contributed by atoms with Gasteiger partial charge < -0.3 is 20.5 Å². The first-order valence-corrected chi connectivity index (χ1v) is 25.6. The third-order valence-electron chi connectivity index (χ3n) is 14.0. The zero-order valence-electron chi connectivity index (χ0n) is 43.2. The number of ether oxygens (including phenoxy) is 2. The summed E-state index contributed by atoms with van der Waals surface area (Å²) in [6.07, 6.45) is 2.20. The molecule has 0 bridgehead atoms. The molecule has 0 fully saturated rings. The molecule has 13 aromatic rings. The van der Waals surface area contributed by atoms with Crippen LogP contribution >= 0.6 is 0 Å². The lowest BCUT2D eigenvalue weighted by molar-refractivity contribution is 0.414. The van der Waals surface area contributed by atoms with Crippen LogP contribution in [0.3, 0.4) is 0 Å². The van der Waals surface area contributed by atoms with Gasteiger partial charge in [-0.05, 0) is 169 Å². The smallest absolute Gasteiger partial charge is 0.119 e. The predicted molar refractivity (Wildman–Crippen MR) is 319 cm³/mol. The lowest BCUT2D eigenvalue weighted by Crippen LogP contribution is -1.92. The van der Waals surface area contributed by atoms with Crippen molar-refractivity contribution in [3.8, 4) is 33.8 Å². The second-order valence-electron chi connectivity index (χ2n) is 19.1. The molecule has 0 aliphatic heterocycles. The number of hydrogen-bond acceptors (Lipinski definition) is 4. The van der Waals surface area contributed by atoms with E-state index in [1.165, 1.54) is 109 Å². The maximum atomic E-state index is 5.43. The molecular formula is C70H62N2O2. The summed E-state index contributed by atoms with van der Waals surface area (Å²) in [6.45, 7) is 8.46. The van der Waals surface area contributed by atoms with Gasteiger partial charge in [0.15, 0.2) is 0 Å². The van der Waals surface area contributed by atoms with E-state index in [2.05, 4.69) is 172 Å². The molecule has 0 saturated heterocycles. The SMILES string of the molecule is CCCc1ccc2c3c(-c4ccccc4)c4c5cccc6c(Nc7ccc(OC)cc7)ccc(c4c(-c4ccccc4)c3c3cccc1c23)c65.COc1ccc(C)cc1.Cc1ccc(N)cc1.Cc1ccccc1. The molecule has 13 aromatic carbocycles. The van der Waals surface area contributed by atoms with Crippen molar-refractivity contribution in [2.45, 2.75) is 40.5 Å². The summed E-state index contributed by atoms with van der Waals surface area (Å²) in [7, 11) is 3.38. The van der Waals surface area contributed by atoms with E-state index < -0.39 is 0 Å². The summed E-state index contributed by atoms with van der Waals surface area (Å²) in [5, 5.41) is 19.7. The number of fused-ring (bicyclic) bond motifs is 6. The van der Waals surface area contributed by atoms with Gasteiger partial charge in [0.1, 0.15) is 11.5 Å². The van der Waals surface area contributed by atoms with Crippen molar-refractivity contribution < 1.29 is 9.47 Å². The first-order chi connectivity index (χ1) is 36.3. The molecule has 3 N–H and O–H groups in total. The van der Waals surface area contributed by atoms with Gasteiger partial charge in [0, 0.05) is 22.4 Å². The van der Waals surface area contributed by atoms with Gasteiger partial charge in [-0.2, -0.15) is 0 Å². The summed E-state index contributed by atoms with van der Waals surface area (Å²) in [6, 6.07) is 79.5. The van der Waals surface area contributed by atoms with Crippen molar-refractivity contribution in [3.05, 3.63) is 247 Å². The normalized spacial score (nSPS) is 11.0. The molecule has 4 nitrogen and oxygen atoms in total. The minimum Gasteiger partial charge on any atom is -0.497 e. The quantitative estimate of drug-likeness (QED) is 0.149. The molecule has 0 aliphatic carbocycles. The first kappa shape index (κ1) is 48.8. The number of anilines is 3. The van der Waals surface area contributed by atoms with Crippen molar-refractivity contribution in [2.24, 2.45) is 0 Å². The lowest BCUT2D eigenvalue weighted by Gasteiger charge is -2.15. The number of methoxy groups -OCH3 is 2. The van der Waals surface area contributed by atoms with E-state index in [-0.39, 0.29) is 0 Å². The minimum atomic E-state index is 0.829. The van der Waals surface area contributed by atoms with E-state index in [0.717, 1.165) is 41.4 Å². The topological polar surface area (TPSA) is 56.5 Å². The van der Waals surface area contributed by atoms with Crippen LogP contribution in [0.25, 0.3) is 86.9 Å². The van der Waals surface area contributed by atoms with Gasteiger partial charge in [-0.25, -0.2) is 0 Å². The predicted octanol–water partition coefficient (Wildman–Crippen LogP) is 19.1. The standard InChI is InChI=1S/C48H35NO.C8H10O.C7H9N.C7H8/c1-3-12-29-21-26-38-43-34(29)17-10-19-36(43)45-41(30-13-6-4-7-14-30)48-39-27-28-40(49-32-22-24-33(50-2)25-23-32)35-18-11-20-37(44(35)39)46(48)42(47(38)45)31-15-8-5-9-16-31;1-7-3-5-8(9-2)6-4-7;1-6-2-4-7(8)5-3-6;1-7-5-3-2-4-6-7/h4-11,13-28,49H,3,12H2,1-2H3;3-6H,1-2H3;2-5H,8H2,1H3;2-6H,1H3. The summed E-state index contributed by atoms with van der Waals surface area (Å²) >= 11 is 0. The lowest BCUT2D eigenvalue weighted by atomic mass is 9.87. The highest BCUT2D eigenvalue weighted by atomic mass is 16.5. The molecule has 0 spiro atoms. The number of rotatable bonds is 8. The zero-order valence-corrected chi connectivity index (χ0v) is 43.2. The molecule has 0 atom stereocenters. The van der Waals surface area contributed by atoms with Crippen molar-refractivity contribution in [1.29, 1.82) is 0 Å². The minimum absolute atomic E-state index is 0.829. The Balaban J connectivity index is 0.000000213. The molecule has 0 aliphatic rings. The monoisotopic (exact) mass is 962 g/mol.